The van der Waals surface area contributed by atoms with Crippen molar-refractivity contribution in [2.24, 2.45) is 5.92 Å². The third kappa shape index (κ3) is 3.81. The molecule has 1 aliphatic rings. The fourth-order valence-corrected chi connectivity index (χ4v) is 2.46. The van der Waals surface area contributed by atoms with Crippen molar-refractivity contribution in [3.8, 4) is 0 Å². The standard InChI is InChI=1S/C16H21NO/c1-14(18)16-10-6-12-17(13-16)11-5-9-15-7-3-2-4-8-15/h2-5,7-9,16H,6,10-13H2,1H3/b9-5+. The Labute approximate surface area is 109 Å². The molecule has 0 saturated carbocycles. The molecule has 1 aromatic carbocycles. The average molecular weight is 243 g/mol. The van der Waals surface area contributed by atoms with Gasteiger partial charge in [0.2, 0.25) is 0 Å². The van der Waals surface area contributed by atoms with Gasteiger partial charge in [-0.2, -0.15) is 0 Å². The number of nitrogens with zero attached hydrogens (tertiary/aromatic N) is 1. The lowest BCUT2D eigenvalue weighted by Crippen LogP contribution is -2.38. The highest BCUT2D eigenvalue weighted by Gasteiger charge is 2.21. The number of Topliss-reactive ketones (excluding diaryl/α,β-unsaturated/α-hetero) is 1. The van der Waals surface area contributed by atoms with E-state index in [1.54, 1.807) is 6.92 Å². The molecule has 1 heterocycles. The van der Waals surface area contributed by atoms with Crippen LogP contribution in [-0.4, -0.2) is 30.3 Å². The second kappa shape index (κ2) is 6.50. The number of piperidine rings is 1. The van der Waals surface area contributed by atoms with Gasteiger partial charge in [-0.1, -0.05) is 42.5 Å². The Balaban J connectivity index is 1.83. The Morgan fingerprint density at radius 3 is 2.89 bits per heavy atom. The summed E-state index contributed by atoms with van der Waals surface area (Å²) in [5.41, 5.74) is 1.23. The van der Waals surface area contributed by atoms with E-state index < -0.39 is 0 Å². The van der Waals surface area contributed by atoms with Crippen molar-refractivity contribution >= 4 is 11.9 Å². The van der Waals surface area contributed by atoms with Gasteiger partial charge in [0.05, 0.1) is 0 Å². The molecule has 2 heteroatoms. The van der Waals surface area contributed by atoms with Crippen molar-refractivity contribution < 1.29 is 4.79 Å². The first-order valence-corrected chi connectivity index (χ1v) is 6.70. The topological polar surface area (TPSA) is 20.3 Å². The zero-order valence-corrected chi connectivity index (χ0v) is 11.0. The maximum atomic E-state index is 11.4. The summed E-state index contributed by atoms with van der Waals surface area (Å²) in [7, 11) is 0. The van der Waals surface area contributed by atoms with E-state index in [2.05, 4.69) is 29.2 Å². The van der Waals surface area contributed by atoms with Gasteiger partial charge in [0.25, 0.3) is 0 Å². The zero-order valence-electron chi connectivity index (χ0n) is 11.0. The van der Waals surface area contributed by atoms with Crippen LogP contribution in [0.5, 0.6) is 0 Å². The summed E-state index contributed by atoms with van der Waals surface area (Å²) >= 11 is 0. The van der Waals surface area contributed by atoms with Crippen molar-refractivity contribution in [1.29, 1.82) is 0 Å². The van der Waals surface area contributed by atoms with Crippen LogP contribution in [0.4, 0.5) is 0 Å². The first-order chi connectivity index (χ1) is 8.75. The Bertz CT molecular complexity index is 410. The number of likely N-dealkylation sites (tertiary alicyclic amines) is 1. The predicted octanol–water partition coefficient (Wildman–Crippen LogP) is 3.00. The molecule has 1 saturated heterocycles. The highest BCUT2D eigenvalue weighted by atomic mass is 16.1. The Morgan fingerprint density at radius 1 is 1.39 bits per heavy atom. The number of hydrogen-bond donors (Lipinski definition) is 0. The maximum Gasteiger partial charge on any atom is 0.134 e. The lowest BCUT2D eigenvalue weighted by molar-refractivity contribution is -0.122. The molecule has 18 heavy (non-hydrogen) atoms. The van der Waals surface area contributed by atoms with Crippen molar-refractivity contribution in [1.82, 2.24) is 4.90 Å². The van der Waals surface area contributed by atoms with Gasteiger partial charge in [0.15, 0.2) is 0 Å². The number of carbonyl (C=O) groups is 1. The van der Waals surface area contributed by atoms with Gasteiger partial charge in [0, 0.05) is 19.0 Å². The van der Waals surface area contributed by atoms with Gasteiger partial charge in [-0.3, -0.25) is 9.69 Å². The Morgan fingerprint density at radius 2 is 2.17 bits per heavy atom. The summed E-state index contributed by atoms with van der Waals surface area (Å²) < 4.78 is 0. The van der Waals surface area contributed by atoms with E-state index >= 15 is 0 Å². The molecule has 0 spiro atoms. The van der Waals surface area contributed by atoms with Crippen molar-refractivity contribution in [3.05, 3.63) is 42.0 Å². The largest absolute Gasteiger partial charge is 0.300 e. The highest BCUT2D eigenvalue weighted by molar-refractivity contribution is 5.78. The minimum Gasteiger partial charge on any atom is -0.300 e. The molecule has 1 aromatic rings. The SMILES string of the molecule is CC(=O)C1CCCN(C/C=C/c2ccccc2)C1. The summed E-state index contributed by atoms with van der Waals surface area (Å²) in [6.45, 7) is 4.70. The molecular weight excluding hydrogens is 222 g/mol. The van der Waals surface area contributed by atoms with Crippen LogP contribution in [-0.2, 0) is 4.79 Å². The molecule has 2 nitrogen and oxygen atoms in total. The van der Waals surface area contributed by atoms with Crippen LogP contribution in [0, 0.1) is 5.92 Å². The minimum absolute atomic E-state index is 0.254. The third-order valence-electron chi connectivity index (χ3n) is 3.55. The van der Waals surface area contributed by atoms with E-state index in [0.717, 1.165) is 32.5 Å². The normalized spacial score (nSPS) is 21.3. The van der Waals surface area contributed by atoms with Crippen molar-refractivity contribution in [2.75, 3.05) is 19.6 Å². The first-order valence-electron chi connectivity index (χ1n) is 6.70. The molecule has 0 radical (unpaired) electrons. The second-order valence-corrected chi connectivity index (χ2v) is 5.02. The molecule has 1 unspecified atom stereocenters. The summed E-state index contributed by atoms with van der Waals surface area (Å²) in [6.07, 6.45) is 6.55. The van der Waals surface area contributed by atoms with Gasteiger partial charge in [-0.15, -0.1) is 0 Å². The molecule has 2 rings (SSSR count). The summed E-state index contributed by atoms with van der Waals surface area (Å²) in [5, 5.41) is 0. The van der Waals surface area contributed by atoms with Gasteiger partial charge in [0.1, 0.15) is 5.78 Å². The monoisotopic (exact) mass is 243 g/mol. The summed E-state index contributed by atoms with van der Waals surface area (Å²) in [4.78, 5) is 13.8. The average Bonchev–Trinajstić information content (AvgIpc) is 2.40. The fraction of sp³-hybridized carbons (Fsp3) is 0.438. The lowest BCUT2D eigenvalue weighted by atomic mass is 9.95. The Hall–Kier alpha value is -1.41. The van der Waals surface area contributed by atoms with E-state index in [0.29, 0.717) is 5.78 Å². The van der Waals surface area contributed by atoms with Crippen LogP contribution in [0.15, 0.2) is 36.4 Å². The lowest BCUT2D eigenvalue weighted by Gasteiger charge is -2.30. The van der Waals surface area contributed by atoms with Crippen LogP contribution in [0.1, 0.15) is 25.3 Å². The number of rotatable bonds is 4. The Kier molecular flexibility index (Phi) is 4.71. The van der Waals surface area contributed by atoms with E-state index in [1.165, 1.54) is 5.56 Å². The smallest absolute Gasteiger partial charge is 0.134 e. The molecule has 0 amide bonds. The fourth-order valence-electron chi connectivity index (χ4n) is 2.46. The minimum atomic E-state index is 0.254. The van der Waals surface area contributed by atoms with Crippen molar-refractivity contribution in [2.45, 2.75) is 19.8 Å². The summed E-state index contributed by atoms with van der Waals surface area (Å²) in [6, 6.07) is 10.3. The molecule has 0 aliphatic carbocycles. The molecule has 1 aliphatic heterocycles. The number of hydrogen-bond acceptors (Lipinski definition) is 2. The molecular formula is C16H21NO. The van der Waals surface area contributed by atoms with Crippen LogP contribution >= 0.6 is 0 Å². The van der Waals surface area contributed by atoms with E-state index in [4.69, 9.17) is 0 Å². The van der Waals surface area contributed by atoms with Crippen LogP contribution in [0.2, 0.25) is 0 Å². The van der Waals surface area contributed by atoms with Gasteiger partial charge in [-0.25, -0.2) is 0 Å². The molecule has 0 aromatic heterocycles. The number of carbonyl (C=O) groups excluding carboxylic acids is 1. The number of benzene rings is 1. The van der Waals surface area contributed by atoms with Gasteiger partial charge >= 0.3 is 0 Å². The second-order valence-electron chi connectivity index (χ2n) is 5.02. The predicted molar refractivity (Wildman–Crippen MR) is 75.3 cm³/mol. The number of ketones is 1. The summed E-state index contributed by atoms with van der Waals surface area (Å²) in [5.74, 6) is 0.593. The quantitative estimate of drug-likeness (QED) is 0.810. The van der Waals surface area contributed by atoms with Crippen molar-refractivity contribution in [3.63, 3.8) is 0 Å². The molecule has 0 bridgehead atoms. The van der Waals surface area contributed by atoms with E-state index in [-0.39, 0.29) is 5.92 Å². The maximum absolute atomic E-state index is 11.4. The molecule has 0 N–H and O–H groups in total. The highest BCUT2D eigenvalue weighted by Crippen LogP contribution is 2.17. The molecule has 1 atom stereocenters. The van der Waals surface area contributed by atoms with E-state index in [9.17, 15) is 4.79 Å². The first kappa shape index (κ1) is 13.0. The zero-order chi connectivity index (χ0) is 12.8. The van der Waals surface area contributed by atoms with Gasteiger partial charge < -0.3 is 0 Å². The van der Waals surface area contributed by atoms with Crippen LogP contribution < -0.4 is 0 Å². The van der Waals surface area contributed by atoms with Gasteiger partial charge in [-0.05, 0) is 31.9 Å². The molecule has 96 valence electrons. The molecule has 1 fully saturated rings. The van der Waals surface area contributed by atoms with E-state index in [1.807, 2.05) is 18.2 Å². The van der Waals surface area contributed by atoms with Crippen LogP contribution in [0.25, 0.3) is 6.08 Å². The van der Waals surface area contributed by atoms with Crippen LogP contribution in [0.3, 0.4) is 0 Å². The third-order valence-corrected chi connectivity index (χ3v) is 3.55.